The molecular weight excluding hydrogens is 451 g/mol. The van der Waals surface area contributed by atoms with Gasteiger partial charge < -0.3 is 9.46 Å². The third-order valence-electron chi connectivity index (χ3n) is 5.12. The Hall–Kier alpha value is -2.46. The highest BCUT2D eigenvalue weighted by atomic mass is 35.5. The average Bonchev–Trinajstić information content (AvgIpc) is 3.15. The summed E-state index contributed by atoms with van der Waals surface area (Å²) in [6.07, 6.45) is 3.17. The van der Waals surface area contributed by atoms with Gasteiger partial charge >= 0.3 is 0 Å². The molecule has 164 valence electrons. The molecule has 0 amide bonds. The molecule has 1 aliphatic carbocycles. The Labute approximate surface area is 186 Å². The highest BCUT2D eigenvalue weighted by molar-refractivity contribution is 8.00. The van der Waals surface area contributed by atoms with Gasteiger partial charge in [-0.1, -0.05) is 11.6 Å². The zero-order valence-electron chi connectivity index (χ0n) is 16.4. The first-order valence-corrected chi connectivity index (χ1v) is 10.7. The molecule has 0 bridgehead atoms. The Morgan fingerprint density at radius 2 is 2.13 bits per heavy atom. The summed E-state index contributed by atoms with van der Waals surface area (Å²) in [6.45, 7) is 0. The first-order chi connectivity index (χ1) is 14.8. The van der Waals surface area contributed by atoms with Crippen LogP contribution in [0.4, 0.5) is 19.0 Å². The third-order valence-corrected chi connectivity index (χ3v) is 6.26. The summed E-state index contributed by atoms with van der Waals surface area (Å²) < 4.78 is 53.4. The maximum absolute atomic E-state index is 14.7. The smallest absolute Gasteiger partial charge is 0.251 e. The molecule has 31 heavy (non-hydrogen) atoms. The zero-order valence-corrected chi connectivity index (χ0v) is 18.0. The molecule has 1 aliphatic rings. The lowest BCUT2D eigenvalue weighted by molar-refractivity contribution is -0.0780. The quantitative estimate of drug-likeness (QED) is 0.483. The largest absolute Gasteiger partial charge is 0.488 e. The van der Waals surface area contributed by atoms with Crippen molar-refractivity contribution in [2.24, 2.45) is 7.05 Å². The second kappa shape index (κ2) is 8.96. The highest BCUT2D eigenvalue weighted by Crippen LogP contribution is 2.44. The van der Waals surface area contributed by atoms with E-state index in [0.29, 0.717) is 5.82 Å². The second-order valence-electron chi connectivity index (χ2n) is 7.25. The van der Waals surface area contributed by atoms with Crippen molar-refractivity contribution in [2.45, 2.75) is 42.1 Å². The van der Waals surface area contributed by atoms with Crippen LogP contribution in [-0.2, 0) is 7.05 Å². The molecule has 0 spiro atoms. The molecule has 1 aromatic carbocycles. The van der Waals surface area contributed by atoms with Gasteiger partial charge in [-0.15, -0.1) is 0 Å². The number of alkyl halides is 2. The van der Waals surface area contributed by atoms with Gasteiger partial charge in [0.2, 0.25) is 0 Å². The monoisotopic (exact) mass is 469 g/mol. The Bertz CT molecular complexity index is 1050. The number of nitrogens with zero attached hydrogens (tertiary/aromatic N) is 4. The summed E-state index contributed by atoms with van der Waals surface area (Å²) in [7, 11) is 1.75. The molecule has 4 rings (SSSR count). The number of rotatable bonds is 6. The molecule has 0 saturated heterocycles. The number of hydrogen-bond acceptors (Lipinski definition) is 6. The number of benzene rings is 1. The zero-order chi connectivity index (χ0) is 22.0. The maximum Gasteiger partial charge on any atom is 0.251 e. The minimum Gasteiger partial charge on any atom is -0.488 e. The van der Waals surface area contributed by atoms with Crippen LogP contribution in [0.3, 0.4) is 0 Å². The summed E-state index contributed by atoms with van der Waals surface area (Å²) >= 11 is 7.30. The maximum atomic E-state index is 14.7. The van der Waals surface area contributed by atoms with E-state index in [1.807, 2.05) is 0 Å². The van der Waals surface area contributed by atoms with Crippen LogP contribution >= 0.6 is 23.5 Å². The van der Waals surface area contributed by atoms with Crippen LogP contribution < -0.4 is 9.46 Å². The van der Waals surface area contributed by atoms with Crippen LogP contribution in [0.15, 0.2) is 47.9 Å². The van der Waals surface area contributed by atoms with Crippen molar-refractivity contribution in [3.63, 3.8) is 0 Å². The number of aryl methyl sites for hydroxylation is 1. The van der Waals surface area contributed by atoms with Crippen molar-refractivity contribution in [2.75, 3.05) is 4.72 Å². The molecule has 2 aromatic heterocycles. The lowest BCUT2D eigenvalue weighted by Gasteiger charge is -2.36. The lowest BCUT2D eigenvalue weighted by Crippen LogP contribution is -2.39. The fourth-order valence-electron chi connectivity index (χ4n) is 3.60. The van der Waals surface area contributed by atoms with E-state index in [-0.39, 0.29) is 34.4 Å². The first-order valence-electron chi connectivity index (χ1n) is 9.53. The van der Waals surface area contributed by atoms with Gasteiger partial charge in [0.25, 0.3) is 5.92 Å². The predicted octanol–water partition coefficient (Wildman–Crippen LogP) is 5.47. The van der Waals surface area contributed by atoms with E-state index >= 15 is 0 Å². The second-order valence-corrected chi connectivity index (χ2v) is 8.51. The van der Waals surface area contributed by atoms with Crippen LogP contribution in [0, 0.1) is 5.82 Å². The predicted molar refractivity (Wildman–Crippen MR) is 112 cm³/mol. The van der Waals surface area contributed by atoms with Crippen LogP contribution in [0.5, 0.6) is 5.75 Å². The molecule has 1 unspecified atom stereocenters. The van der Waals surface area contributed by atoms with E-state index in [1.165, 1.54) is 12.4 Å². The number of nitrogens with one attached hydrogen (secondary N) is 1. The number of ether oxygens (including phenoxy) is 1. The van der Waals surface area contributed by atoms with Crippen molar-refractivity contribution >= 4 is 29.4 Å². The van der Waals surface area contributed by atoms with Crippen LogP contribution in [0.2, 0.25) is 5.02 Å². The van der Waals surface area contributed by atoms with Crippen molar-refractivity contribution in [1.82, 2.24) is 19.7 Å². The number of anilines is 1. The molecule has 6 nitrogen and oxygen atoms in total. The van der Waals surface area contributed by atoms with Crippen LogP contribution in [0.25, 0.3) is 0 Å². The molecule has 2 atom stereocenters. The van der Waals surface area contributed by atoms with Gasteiger partial charge in [-0.05, 0) is 36.6 Å². The van der Waals surface area contributed by atoms with E-state index < -0.39 is 24.3 Å². The molecule has 11 heteroatoms. The van der Waals surface area contributed by atoms with Gasteiger partial charge in [0.15, 0.2) is 0 Å². The highest BCUT2D eigenvalue weighted by Gasteiger charge is 2.44. The normalized spacial score (nSPS) is 20.4. The molecule has 3 aromatic rings. The fraction of sp³-hybridized carbons (Fsp3) is 0.350. The van der Waals surface area contributed by atoms with Gasteiger partial charge in [0, 0.05) is 50.0 Å². The standard InChI is InChI=1S/C20H19ClF3N5OS/c1-29-15(3-7-27-29)12-2-5-20(23,24)10-17(12)30-16-9-14(22)18(8-13(16)21)31-28-19-4-6-25-11-26-19/h3-4,6-9,11-12,17H,2,5,10H2,1H3,(H,25,26,28)/t12?,17-/m0/s1. The van der Waals surface area contributed by atoms with Crippen LogP contribution in [-0.4, -0.2) is 31.8 Å². The van der Waals surface area contributed by atoms with Gasteiger partial charge in [-0.25, -0.2) is 23.1 Å². The van der Waals surface area contributed by atoms with Crippen molar-refractivity contribution < 1.29 is 17.9 Å². The topological polar surface area (TPSA) is 64.9 Å². The van der Waals surface area contributed by atoms with E-state index in [1.54, 1.807) is 36.3 Å². The Morgan fingerprint density at radius 1 is 1.29 bits per heavy atom. The van der Waals surface area contributed by atoms with E-state index in [9.17, 15) is 13.2 Å². The average molecular weight is 470 g/mol. The molecule has 1 fully saturated rings. The molecular formula is C20H19ClF3N5OS. The van der Waals surface area contributed by atoms with Gasteiger partial charge in [0.1, 0.15) is 29.8 Å². The fourth-order valence-corrected chi connectivity index (χ4v) is 4.54. The minimum atomic E-state index is -2.86. The van der Waals surface area contributed by atoms with Gasteiger partial charge in [-0.3, -0.25) is 4.68 Å². The van der Waals surface area contributed by atoms with E-state index in [2.05, 4.69) is 19.8 Å². The molecule has 2 heterocycles. The summed E-state index contributed by atoms with van der Waals surface area (Å²) in [5.74, 6) is -3.23. The number of aromatic nitrogens is 4. The Balaban J connectivity index is 1.54. The third kappa shape index (κ3) is 5.07. The molecule has 0 radical (unpaired) electrons. The Kier molecular flexibility index (Phi) is 6.29. The van der Waals surface area contributed by atoms with Crippen molar-refractivity contribution in [3.05, 3.63) is 59.5 Å². The summed E-state index contributed by atoms with van der Waals surface area (Å²) in [6, 6.07) is 5.93. The van der Waals surface area contributed by atoms with E-state index in [0.717, 1.165) is 23.7 Å². The van der Waals surface area contributed by atoms with Gasteiger partial charge in [0.05, 0.1) is 9.92 Å². The molecule has 1 N–H and O–H groups in total. The van der Waals surface area contributed by atoms with Crippen molar-refractivity contribution in [1.29, 1.82) is 0 Å². The molecule has 1 saturated carbocycles. The minimum absolute atomic E-state index is 0.0282. The lowest BCUT2D eigenvalue weighted by atomic mass is 9.82. The van der Waals surface area contributed by atoms with Crippen molar-refractivity contribution in [3.8, 4) is 5.75 Å². The number of halogens is 4. The summed E-state index contributed by atoms with van der Waals surface area (Å²) in [5, 5.41) is 4.26. The summed E-state index contributed by atoms with van der Waals surface area (Å²) in [4.78, 5) is 8.02. The van der Waals surface area contributed by atoms with Crippen LogP contribution in [0.1, 0.15) is 30.9 Å². The molecule has 0 aliphatic heterocycles. The first kappa shape index (κ1) is 21.8. The SMILES string of the molecule is Cn1nccc1C1CCC(F)(F)C[C@@H]1Oc1cc(F)c(SNc2ccncn2)cc1Cl. The summed E-state index contributed by atoms with van der Waals surface area (Å²) in [5.41, 5.74) is 0.790. The Morgan fingerprint density at radius 3 is 2.84 bits per heavy atom. The van der Waals surface area contributed by atoms with Gasteiger partial charge in [-0.2, -0.15) is 5.10 Å². The van der Waals surface area contributed by atoms with E-state index in [4.69, 9.17) is 16.3 Å². The number of hydrogen-bond donors (Lipinski definition) is 1.